The smallest absolute Gasteiger partial charge is 0.255 e. The standard InChI is InChI=1S/C22H22FN5O2/c1-27-12-16(7-8-19(27)29)21(30)28-9-3-5-15(13-28)20-18(11-25-22(24)26-20)14-4-2-6-17(23)10-14/h2,4,6-8,10-12,15H,3,5,9,13H2,1H3,(H2,24,25,26)/t15-/m1/s1. The maximum absolute atomic E-state index is 13.8. The fourth-order valence-corrected chi connectivity index (χ4v) is 3.89. The van der Waals surface area contributed by atoms with Crippen LogP contribution in [0, 0.1) is 5.82 Å². The third-order valence-electron chi connectivity index (χ3n) is 5.40. The van der Waals surface area contributed by atoms with Gasteiger partial charge in [0.25, 0.3) is 5.91 Å². The summed E-state index contributed by atoms with van der Waals surface area (Å²) in [5.74, 6) is -0.388. The highest BCUT2D eigenvalue weighted by atomic mass is 19.1. The van der Waals surface area contributed by atoms with Gasteiger partial charge in [-0.2, -0.15) is 0 Å². The number of halogens is 1. The molecule has 2 aromatic heterocycles. The van der Waals surface area contributed by atoms with Crippen molar-refractivity contribution in [1.29, 1.82) is 0 Å². The fourth-order valence-electron chi connectivity index (χ4n) is 3.89. The summed E-state index contributed by atoms with van der Waals surface area (Å²) >= 11 is 0. The molecule has 1 aromatic carbocycles. The second-order valence-corrected chi connectivity index (χ2v) is 7.49. The molecule has 30 heavy (non-hydrogen) atoms. The Morgan fingerprint density at radius 3 is 2.87 bits per heavy atom. The minimum Gasteiger partial charge on any atom is -0.368 e. The third-order valence-corrected chi connectivity index (χ3v) is 5.40. The van der Waals surface area contributed by atoms with Gasteiger partial charge in [0.15, 0.2) is 0 Å². The molecule has 0 unspecified atom stereocenters. The number of aromatic nitrogens is 3. The minimum atomic E-state index is -0.342. The molecule has 1 amide bonds. The van der Waals surface area contributed by atoms with Gasteiger partial charge in [0.05, 0.1) is 11.3 Å². The van der Waals surface area contributed by atoms with Crippen LogP contribution in [0.4, 0.5) is 10.3 Å². The first-order valence-electron chi connectivity index (χ1n) is 9.76. The van der Waals surface area contributed by atoms with E-state index >= 15 is 0 Å². The molecule has 1 aliphatic rings. The highest BCUT2D eigenvalue weighted by Crippen LogP contribution is 2.34. The van der Waals surface area contributed by atoms with Gasteiger partial charge in [-0.05, 0) is 36.6 Å². The van der Waals surface area contributed by atoms with E-state index in [2.05, 4.69) is 9.97 Å². The summed E-state index contributed by atoms with van der Waals surface area (Å²) in [4.78, 5) is 34.9. The van der Waals surface area contributed by atoms with Crippen molar-refractivity contribution in [3.8, 4) is 11.1 Å². The Hall–Kier alpha value is -3.55. The van der Waals surface area contributed by atoms with Crippen molar-refractivity contribution in [1.82, 2.24) is 19.4 Å². The molecule has 0 saturated carbocycles. The van der Waals surface area contributed by atoms with Gasteiger partial charge in [-0.3, -0.25) is 9.59 Å². The number of aryl methyl sites for hydroxylation is 1. The van der Waals surface area contributed by atoms with Crippen molar-refractivity contribution >= 4 is 11.9 Å². The Morgan fingerprint density at radius 1 is 1.27 bits per heavy atom. The number of rotatable bonds is 3. The maximum Gasteiger partial charge on any atom is 0.255 e. The van der Waals surface area contributed by atoms with Crippen LogP contribution in [0.15, 0.2) is 53.6 Å². The molecule has 8 heteroatoms. The molecule has 0 spiro atoms. The van der Waals surface area contributed by atoms with Gasteiger partial charge in [-0.15, -0.1) is 0 Å². The van der Waals surface area contributed by atoms with E-state index in [0.29, 0.717) is 35.5 Å². The van der Waals surface area contributed by atoms with Crippen LogP contribution in [0.3, 0.4) is 0 Å². The van der Waals surface area contributed by atoms with E-state index < -0.39 is 0 Å². The number of hydrogen-bond acceptors (Lipinski definition) is 5. The number of piperidine rings is 1. The van der Waals surface area contributed by atoms with Crippen LogP contribution in [0.5, 0.6) is 0 Å². The summed E-state index contributed by atoms with van der Waals surface area (Å²) < 4.78 is 15.2. The largest absolute Gasteiger partial charge is 0.368 e. The Kier molecular flexibility index (Phi) is 5.31. The lowest BCUT2D eigenvalue weighted by atomic mass is 9.89. The lowest BCUT2D eigenvalue weighted by molar-refractivity contribution is 0.0705. The second-order valence-electron chi connectivity index (χ2n) is 7.49. The highest BCUT2D eigenvalue weighted by molar-refractivity contribution is 5.94. The molecular formula is C22H22FN5O2. The lowest BCUT2D eigenvalue weighted by Crippen LogP contribution is -2.40. The van der Waals surface area contributed by atoms with Gasteiger partial charge >= 0.3 is 0 Å². The van der Waals surface area contributed by atoms with E-state index in [9.17, 15) is 14.0 Å². The Labute approximate surface area is 173 Å². The van der Waals surface area contributed by atoms with Gasteiger partial charge in [0, 0.05) is 50.1 Å². The summed E-state index contributed by atoms with van der Waals surface area (Å²) in [7, 11) is 1.62. The number of benzene rings is 1. The lowest BCUT2D eigenvalue weighted by Gasteiger charge is -2.33. The molecule has 3 aromatic rings. The van der Waals surface area contributed by atoms with E-state index in [1.807, 2.05) is 0 Å². The predicted molar refractivity (Wildman–Crippen MR) is 111 cm³/mol. The number of hydrogen-bond donors (Lipinski definition) is 1. The summed E-state index contributed by atoms with van der Waals surface area (Å²) in [6.45, 7) is 1.08. The number of pyridine rings is 1. The Bertz CT molecular complexity index is 1160. The van der Waals surface area contributed by atoms with Crippen LogP contribution >= 0.6 is 0 Å². The number of carbonyl (C=O) groups is 1. The normalized spacial score (nSPS) is 16.5. The van der Waals surface area contributed by atoms with E-state index in [-0.39, 0.29) is 29.1 Å². The fraction of sp³-hybridized carbons (Fsp3) is 0.273. The quantitative estimate of drug-likeness (QED) is 0.720. The van der Waals surface area contributed by atoms with Crippen molar-refractivity contribution < 1.29 is 9.18 Å². The molecule has 1 fully saturated rings. The van der Waals surface area contributed by atoms with Gasteiger partial charge in [-0.25, -0.2) is 14.4 Å². The molecule has 3 heterocycles. The minimum absolute atomic E-state index is 0.0567. The number of carbonyl (C=O) groups excluding carboxylic acids is 1. The van der Waals surface area contributed by atoms with E-state index in [1.54, 1.807) is 42.5 Å². The average Bonchev–Trinajstić information content (AvgIpc) is 2.75. The molecule has 0 bridgehead atoms. The molecule has 1 aliphatic heterocycles. The Balaban J connectivity index is 1.65. The van der Waals surface area contributed by atoms with Gasteiger partial charge in [-0.1, -0.05) is 12.1 Å². The number of amides is 1. The molecule has 1 saturated heterocycles. The predicted octanol–water partition coefficient (Wildman–Crippen LogP) is 2.58. The number of nitrogen functional groups attached to an aromatic ring is 1. The topological polar surface area (TPSA) is 94.1 Å². The van der Waals surface area contributed by atoms with Crippen molar-refractivity contribution in [2.45, 2.75) is 18.8 Å². The summed E-state index contributed by atoms with van der Waals surface area (Å²) in [5, 5.41) is 0. The first-order chi connectivity index (χ1) is 14.4. The zero-order chi connectivity index (χ0) is 21.3. The zero-order valence-electron chi connectivity index (χ0n) is 16.6. The first-order valence-corrected chi connectivity index (χ1v) is 9.76. The van der Waals surface area contributed by atoms with Crippen molar-refractivity contribution in [3.05, 3.63) is 76.2 Å². The van der Waals surface area contributed by atoms with E-state index in [0.717, 1.165) is 12.8 Å². The van der Waals surface area contributed by atoms with Crippen LogP contribution in [-0.4, -0.2) is 38.4 Å². The summed E-state index contributed by atoms with van der Waals surface area (Å²) in [6, 6.07) is 9.21. The van der Waals surface area contributed by atoms with Crippen LogP contribution in [0.1, 0.15) is 34.8 Å². The zero-order valence-corrected chi connectivity index (χ0v) is 16.6. The molecule has 154 valence electrons. The molecule has 1 atom stereocenters. The SMILES string of the molecule is Cn1cc(C(=O)N2CCC[C@@H](c3nc(N)ncc3-c3cccc(F)c3)C2)ccc1=O. The third kappa shape index (κ3) is 3.94. The van der Waals surface area contributed by atoms with E-state index in [1.165, 1.54) is 22.8 Å². The highest BCUT2D eigenvalue weighted by Gasteiger charge is 2.28. The van der Waals surface area contributed by atoms with Crippen LogP contribution in [0.25, 0.3) is 11.1 Å². The van der Waals surface area contributed by atoms with E-state index in [4.69, 9.17) is 5.73 Å². The number of nitrogens with two attached hydrogens (primary N) is 1. The Morgan fingerprint density at radius 2 is 2.10 bits per heavy atom. The molecule has 4 rings (SSSR count). The summed E-state index contributed by atoms with van der Waals surface area (Å²) in [6.07, 6.45) is 4.79. The number of anilines is 1. The molecule has 7 nitrogen and oxygen atoms in total. The molecule has 0 aliphatic carbocycles. The van der Waals surface area contributed by atoms with Gasteiger partial charge in [0.2, 0.25) is 11.5 Å². The van der Waals surface area contributed by atoms with Crippen LogP contribution in [-0.2, 0) is 7.05 Å². The number of likely N-dealkylation sites (tertiary alicyclic amines) is 1. The molecule has 2 N–H and O–H groups in total. The van der Waals surface area contributed by atoms with Crippen molar-refractivity contribution in [2.24, 2.45) is 7.05 Å². The summed E-state index contributed by atoms with van der Waals surface area (Å²) in [5.41, 5.74) is 8.24. The monoisotopic (exact) mass is 407 g/mol. The molecular weight excluding hydrogens is 385 g/mol. The van der Waals surface area contributed by atoms with Gasteiger partial charge in [0.1, 0.15) is 5.82 Å². The maximum atomic E-state index is 13.8. The number of nitrogens with zero attached hydrogens (tertiary/aromatic N) is 4. The van der Waals surface area contributed by atoms with Crippen LogP contribution < -0.4 is 11.3 Å². The first kappa shape index (κ1) is 19.8. The average molecular weight is 407 g/mol. The van der Waals surface area contributed by atoms with Crippen molar-refractivity contribution in [3.63, 3.8) is 0 Å². The van der Waals surface area contributed by atoms with Crippen LogP contribution in [0.2, 0.25) is 0 Å². The molecule has 0 radical (unpaired) electrons. The van der Waals surface area contributed by atoms with Crippen molar-refractivity contribution in [2.75, 3.05) is 18.8 Å². The van der Waals surface area contributed by atoms with Gasteiger partial charge < -0.3 is 15.2 Å². The second kappa shape index (κ2) is 8.06.